The molecule has 0 radical (unpaired) electrons. The number of rotatable bonds is 4. The lowest BCUT2D eigenvalue weighted by Gasteiger charge is -2.34. The second-order valence-electron chi connectivity index (χ2n) is 9.58. The molecule has 3 aliphatic rings. The van der Waals surface area contributed by atoms with Gasteiger partial charge in [0.2, 0.25) is 5.96 Å². The minimum atomic E-state index is -0.165. The summed E-state index contributed by atoms with van der Waals surface area (Å²) in [6.45, 7) is 7.18. The molecule has 1 amide bonds. The normalized spacial score (nSPS) is 20.0. The van der Waals surface area contributed by atoms with Crippen LogP contribution in [0.2, 0.25) is 0 Å². The third-order valence-electron chi connectivity index (χ3n) is 6.99. The number of nitrogens with one attached hydrogen (secondary N) is 4. The number of carbonyl (C=O) groups excluding carboxylic acids is 1. The van der Waals surface area contributed by atoms with Crippen molar-refractivity contribution in [2.45, 2.75) is 19.9 Å². The summed E-state index contributed by atoms with van der Waals surface area (Å²) in [6, 6.07) is 8.08. The summed E-state index contributed by atoms with van der Waals surface area (Å²) in [6.07, 6.45) is 1.58. The van der Waals surface area contributed by atoms with E-state index in [0.29, 0.717) is 23.8 Å². The Morgan fingerprint density at radius 1 is 1.19 bits per heavy atom. The smallest absolute Gasteiger partial charge is 0.255 e. The van der Waals surface area contributed by atoms with Crippen LogP contribution >= 0.6 is 0 Å². The molecule has 0 saturated carbocycles. The Hall–Kier alpha value is -4.23. The number of hydrazine groups is 2. The van der Waals surface area contributed by atoms with Gasteiger partial charge in [-0.2, -0.15) is 5.10 Å². The van der Waals surface area contributed by atoms with Crippen LogP contribution in [0.15, 0.2) is 47.0 Å². The monoisotopic (exact) mass is 502 g/mol. The zero-order chi connectivity index (χ0) is 25.7. The van der Waals surface area contributed by atoms with Gasteiger partial charge < -0.3 is 20.4 Å². The Morgan fingerprint density at radius 3 is 2.89 bits per heavy atom. The lowest BCUT2D eigenvalue weighted by atomic mass is 10.1. The van der Waals surface area contributed by atoms with Gasteiger partial charge in [0, 0.05) is 62.6 Å². The van der Waals surface area contributed by atoms with Crippen LogP contribution in [0.1, 0.15) is 13.8 Å². The molecule has 5 heterocycles. The summed E-state index contributed by atoms with van der Waals surface area (Å²) in [4.78, 5) is 26.5. The minimum Gasteiger partial charge on any atom is -0.354 e. The molecule has 1 fully saturated rings. The van der Waals surface area contributed by atoms with Crippen molar-refractivity contribution in [1.82, 2.24) is 46.0 Å². The van der Waals surface area contributed by atoms with E-state index in [1.165, 1.54) is 0 Å². The van der Waals surface area contributed by atoms with Gasteiger partial charge in [0.25, 0.3) is 5.91 Å². The molecular formula is C24H30N12O. The number of aromatic nitrogens is 4. The van der Waals surface area contributed by atoms with Gasteiger partial charge in [-0.1, -0.05) is 0 Å². The van der Waals surface area contributed by atoms with Crippen molar-refractivity contribution in [1.29, 1.82) is 0 Å². The zero-order valence-corrected chi connectivity index (χ0v) is 21.3. The van der Waals surface area contributed by atoms with Crippen LogP contribution in [0.25, 0.3) is 22.3 Å². The Morgan fingerprint density at radius 2 is 2.05 bits per heavy atom. The number of carbonyl (C=O) groups is 1. The Bertz CT molecular complexity index is 1430. The van der Waals surface area contributed by atoms with Gasteiger partial charge in [-0.3, -0.25) is 14.9 Å². The number of benzene rings is 1. The number of H-pyrrole nitrogens is 1. The molecule has 3 aromatic rings. The Kier molecular flexibility index (Phi) is 5.65. The molecule has 0 aliphatic carbocycles. The Balaban J connectivity index is 1.26. The van der Waals surface area contributed by atoms with Crippen LogP contribution in [0.3, 0.4) is 0 Å². The topological polar surface area (TPSA) is 133 Å². The number of aromatic amines is 1. The highest BCUT2D eigenvalue weighted by Gasteiger charge is 2.33. The number of nitrogens with zero attached hydrogens (tertiary/aromatic N) is 8. The molecule has 0 bridgehead atoms. The highest BCUT2D eigenvalue weighted by Crippen LogP contribution is 2.29. The van der Waals surface area contributed by atoms with Crippen molar-refractivity contribution < 1.29 is 4.79 Å². The zero-order valence-electron chi connectivity index (χ0n) is 21.3. The molecule has 6 rings (SSSR count). The molecule has 0 spiro atoms. The van der Waals surface area contributed by atoms with Crippen LogP contribution in [0.5, 0.6) is 0 Å². The molecular weight excluding hydrogens is 472 g/mol. The number of guanidine groups is 1. The average molecular weight is 503 g/mol. The van der Waals surface area contributed by atoms with E-state index in [4.69, 9.17) is 0 Å². The van der Waals surface area contributed by atoms with Crippen LogP contribution in [-0.2, 0) is 4.79 Å². The predicted molar refractivity (Wildman–Crippen MR) is 141 cm³/mol. The van der Waals surface area contributed by atoms with Crippen molar-refractivity contribution in [3.63, 3.8) is 0 Å². The second-order valence-corrected chi connectivity index (χ2v) is 9.58. The predicted octanol–water partition coefficient (Wildman–Crippen LogP) is 0.914. The maximum atomic E-state index is 13.3. The summed E-state index contributed by atoms with van der Waals surface area (Å²) in [5.74, 6) is 1.47. The van der Waals surface area contributed by atoms with E-state index in [0.717, 1.165) is 59.4 Å². The molecule has 1 aromatic carbocycles. The largest absolute Gasteiger partial charge is 0.354 e. The average Bonchev–Trinajstić information content (AvgIpc) is 3.49. The second kappa shape index (κ2) is 9.01. The van der Waals surface area contributed by atoms with E-state index < -0.39 is 0 Å². The maximum Gasteiger partial charge on any atom is 0.255 e. The summed E-state index contributed by atoms with van der Waals surface area (Å²) in [5.41, 5.74) is 7.61. The summed E-state index contributed by atoms with van der Waals surface area (Å²) >= 11 is 0. The first kappa shape index (κ1) is 23.2. The van der Waals surface area contributed by atoms with E-state index in [1.807, 2.05) is 55.2 Å². The van der Waals surface area contributed by atoms with Gasteiger partial charge in [-0.15, -0.1) is 10.6 Å². The van der Waals surface area contributed by atoms with E-state index >= 15 is 0 Å². The Labute approximate surface area is 214 Å². The third kappa shape index (κ3) is 4.21. The summed E-state index contributed by atoms with van der Waals surface area (Å²) < 4.78 is 0. The van der Waals surface area contributed by atoms with Gasteiger partial charge in [0.1, 0.15) is 17.8 Å². The van der Waals surface area contributed by atoms with Crippen molar-refractivity contribution in [2.24, 2.45) is 5.10 Å². The van der Waals surface area contributed by atoms with Crippen molar-refractivity contribution >= 4 is 34.3 Å². The van der Waals surface area contributed by atoms with Crippen LogP contribution < -0.4 is 21.1 Å². The number of hydrogen-bond acceptors (Lipinski definition) is 11. The number of hydrogen-bond donors (Lipinski definition) is 4. The number of anilines is 2. The summed E-state index contributed by atoms with van der Waals surface area (Å²) in [5, 5.41) is 22.9. The molecule has 13 heteroatoms. The van der Waals surface area contributed by atoms with Crippen molar-refractivity contribution in [2.75, 3.05) is 50.5 Å². The molecule has 1 unspecified atom stereocenters. The van der Waals surface area contributed by atoms with E-state index in [2.05, 4.69) is 53.3 Å². The third-order valence-corrected chi connectivity index (χ3v) is 6.99. The van der Waals surface area contributed by atoms with Crippen LogP contribution in [-0.4, -0.2) is 93.4 Å². The van der Waals surface area contributed by atoms with Crippen LogP contribution in [0, 0.1) is 0 Å². The molecule has 2 aromatic heterocycles. The van der Waals surface area contributed by atoms with E-state index in [-0.39, 0.29) is 5.91 Å². The molecule has 1 saturated heterocycles. The SMILES string of the molecule is CC1=C(C(=O)Nc2ccc3[nH]nc(-c4cc(N5CCNC(C)C5)ncn4)c3c2)CN2NN(C)N=C2N1C. The number of allylic oxidation sites excluding steroid dienone is 1. The summed E-state index contributed by atoms with van der Waals surface area (Å²) in [7, 11) is 3.71. The lowest BCUT2D eigenvalue weighted by molar-refractivity contribution is -0.113. The number of hydrazone groups is 1. The standard InChI is InChI=1S/C24H30N12O/c1-14-11-35(8-7-25-14)21-10-20(26-13-27-21)22-17-9-16(5-6-19(17)29-30-22)28-23(37)18-12-36-24(31-34(4)32-36)33(3)15(18)2/h5-6,9-10,13-14,25,32H,7-8,11-12H2,1-4H3,(H,28,37)(H,29,30). The highest BCUT2D eigenvalue weighted by atomic mass is 16.1. The van der Waals surface area contributed by atoms with Gasteiger partial charge >= 0.3 is 0 Å². The molecule has 13 nitrogen and oxygen atoms in total. The number of amides is 1. The first-order valence-electron chi connectivity index (χ1n) is 12.3. The van der Waals surface area contributed by atoms with E-state index in [9.17, 15) is 4.79 Å². The quantitative estimate of drug-likeness (QED) is 0.408. The van der Waals surface area contributed by atoms with Crippen molar-refractivity contribution in [3.05, 3.63) is 41.9 Å². The molecule has 1 atom stereocenters. The molecule has 3 aliphatic heterocycles. The molecule has 4 N–H and O–H groups in total. The number of piperazine rings is 1. The van der Waals surface area contributed by atoms with E-state index in [1.54, 1.807) is 11.4 Å². The first-order chi connectivity index (χ1) is 17.9. The fourth-order valence-electron chi connectivity index (χ4n) is 4.93. The van der Waals surface area contributed by atoms with Gasteiger partial charge in [0.15, 0.2) is 0 Å². The fourth-order valence-corrected chi connectivity index (χ4v) is 4.93. The van der Waals surface area contributed by atoms with Gasteiger partial charge in [0.05, 0.1) is 23.3 Å². The minimum absolute atomic E-state index is 0.165. The van der Waals surface area contributed by atoms with Gasteiger partial charge in [-0.25, -0.2) is 15.1 Å². The highest BCUT2D eigenvalue weighted by molar-refractivity contribution is 6.07. The van der Waals surface area contributed by atoms with Crippen molar-refractivity contribution in [3.8, 4) is 11.4 Å². The van der Waals surface area contributed by atoms with Gasteiger partial charge in [-0.05, 0) is 32.0 Å². The number of fused-ring (bicyclic) bond motifs is 2. The maximum absolute atomic E-state index is 13.3. The molecule has 37 heavy (non-hydrogen) atoms. The lowest BCUT2D eigenvalue weighted by Crippen LogP contribution is -2.52. The van der Waals surface area contributed by atoms with Crippen LogP contribution in [0.4, 0.5) is 11.5 Å². The fraction of sp³-hybridized carbons (Fsp3) is 0.375. The first-order valence-corrected chi connectivity index (χ1v) is 12.3. The molecule has 192 valence electrons.